The van der Waals surface area contributed by atoms with Crippen LogP contribution in [0.1, 0.15) is 68.6 Å². The number of hydrogen-bond acceptors (Lipinski definition) is 9. The quantitative estimate of drug-likeness (QED) is 0.192. The lowest BCUT2D eigenvalue weighted by molar-refractivity contribution is 0.0936. The standard InChI is InChI=1S/C29H41N7O4S/c1-6-10-23(15-20(4)33-28(37)21-13-14-30-27(16-21)36-41(5,38)39)31-18-22-19-32-29(35-26(22)7-2)34-24-11-9-12-25(17-24)40-8-3/h9,11-14,16-17,19-20,23,31H,6-8,10,15,18H2,1-5H3,(H,30,36)(H,33,37)(H,32,34,35)/t20-,23+/m1/s1. The van der Waals surface area contributed by atoms with Crippen LogP contribution in [0.4, 0.5) is 17.5 Å². The van der Waals surface area contributed by atoms with Crippen molar-refractivity contribution in [2.45, 2.75) is 72.0 Å². The number of carbonyl (C=O) groups excluding carboxylic acids is 1. The molecule has 1 amide bonds. The fourth-order valence-corrected chi connectivity index (χ4v) is 4.92. The monoisotopic (exact) mass is 583 g/mol. The molecule has 2 atom stereocenters. The molecular formula is C29H41N7O4S. The van der Waals surface area contributed by atoms with Crippen LogP contribution in [0.25, 0.3) is 0 Å². The molecule has 12 heteroatoms. The summed E-state index contributed by atoms with van der Waals surface area (Å²) in [6.07, 6.45) is 7.71. The summed E-state index contributed by atoms with van der Waals surface area (Å²) in [5, 5.41) is 9.90. The van der Waals surface area contributed by atoms with Crippen LogP contribution in [-0.2, 0) is 23.0 Å². The highest BCUT2D eigenvalue weighted by Gasteiger charge is 2.17. The van der Waals surface area contributed by atoms with Gasteiger partial charge in [0.25, 0.3) is 5.91 Å². The molecule has 222 valence electrons. The Kier molecular flexibility index (Phi) is 11.8. The molecule has 2 aromatic heterocycles. The molecule has 0 aliphatic rings. The summed E-state index contributed by atoms with van der Waals surface area (Å²) in [5.41, 5.74) is 3.18. The number of benzene rings is 1. The number of nitrogens with zero attached hydrogens (tertiary/aromatic N) is 3. The Morgan fingerprint density at radius 3 is 2.61 bits per heavy atom. The third kappa shape index (κ3) is 10.6. The Morgan fingerprint density at radius 2 is 1.90 bits per heavy atom. The second-order valence-electron chi connectivity index (χ2n) is 9.89. The van der Waals surface area contributed by atoms with Crippen LogP contribution >= 0.6 is 0 Å². The fraction of sp³-hybridized carbons (Fsp3) is 0.448. The van der Waals surface area contributed by atoms with Crippen molar-refractivity contribution in [2.24, 2.45) is 0 Å². The molecule has 0 radical (unpaired) electrons. The van der Waals surface area contributed by atoms with Gasteiger partial charge in [0.1, 0.15) is 11.6 Å². The van der Waals surface area contributed by atoms with Crippen molar-refractivity contribution in [3.8, 4) is 5.75 Å². The number of ether oxygens (including phenoxy) is 1. The summed E-state index contributed by atoms with van der Waals surface area (Å²) in [5.74, 6) is 1.14. The van der Waals surface area contributed by atoms with E-state index < -0.39 is 10.0 Å². The van der Waals surface area contributed by atoms with Gasteiger partial charge in [-0.3, -0.25) is 9.52 Å². The maximum Gasteiger partial charge on any atom is 0.251 e. The third-order valence-electron chi connectivity index (χ3n) is 6.24. The number of aromatic nitrogens is 3. The van der Waals surface area contributed by atoms with Crippen molar-refractivity contribution < 1.29 is 17.9 Å². The zero-order valence-corrected chi connectivity index (χ0v) is 25.2. The SMILES string of the molecule is CCC[C@@H](C[C@@H](C)NC(=O)c1ccnc(NS(C)(=O)=O)c1)NCc1cnc(Nc2cccc(OCC)c2)nc1CC. The molecule has 0 saturated carbocycles. The number of sulfonamides is 1. The predicted molar refractivity (Wildman–Crippen MR) is 162 cm³/mol. The Morgan fingerprint density at radius 1 is 1.10 bits per heavy atom. The second-order valence-corrected chi connectivity index (χ2v) is 11.6. The van der Waals surface area contributed by atoms with Crippen LogP contribution in [0.5, 0.6) is 5.75 Å². The van der Waals surface area contributed by atoms with E-state index in [1.165, 1.54) is 12.3 Å². The van der Waals surface area contributed by atoms with Gasteiger partial charge in [0.05, 0.1) is 18.6 Å². The number of carbonyl (C=O) groups is 1. The van der Waals surface area contributed by atoms with Crippen molar-refractivity contribution in [2.75, 3.05) is 22.9 Å². The maximum absolute atomic E-state index is 12.8. The minimum Gasteiger partial charge on any atom is -0.494 e. The first-order valence-corrected chi connectivity index (χ1v) is 15.8. The second kappa shape index (κ2) is 15.3. The molecule has 0 unspecified atom stereocenters. The molecule has 4 N–H and O–H groups in total. The highest BCUT2D eigenvalue weighted by molar-refractivity contribution is 7.92. The molecule has 0 aliphatic heterocycles. The largest absolute Gasteiger partial charge is 0.494 e. The normalized spacial score (nSPS) is 12.8. The summed E-state index contributed by atoms with van der Waals surface area (Å²) >= 11 is 0. The molecular weight excluding hydrogens is 542 g/mol. The van der Waals surface area contributed by atoms with Gasteiger partial charge in [-0.1, -0.05) is 26.3 Å². The van der Waals surface area contributed by atoms with E-state index in [4.69, 9.17) is 9.72 Å². The number of anilines is 3. The van der Waals surface area contributed by atoms with Crippen molar-refractivity contribution in [3.05, 3.63) is 65.6 Å². The molecule has 3 rings (SSSR count). The maximum atomic E-state index is 12.8. The van der Waals surface area contributed by atoms with E-state index in [-0.39, 0.29) is 23.8 Å². The molecule has 0 spiro atoms. The Balaban J connectivity index is 1.59. The topological polar surface area (TPSA) is 147 Å². The first kappa shape index (κ1) is 31.8. The average Bonchev–Trinajstić information content (AvgIpc) is 2.91. The van der Waals surface area contributed by atoms with Crippen LogP contribution in [-0.4, -0.2) is 54.2 Å². The van der Waals surface area contributed by atoms with Gasteiger partial charge in [-0.05, 0) is 57.4 Å². The summed E-state index contributed by atoms with van der Waals surface area (Å²) in [6, 6.07) is 10.7. The van der Waals surface area contributed by atoms with Gasteiger partial charge in [-0.15, -0.1) is 0 Å². The molecule has 0 saturated heterocycles. The molecule has 2 heterocycles. The van der Waals surface area contributed by atoms with E-state index in [1.54, 1.807) is 6.07 Å². The van der Waals surface area contributed by atoms with Crippen LogP contribution < -0.4 is 25.4 Å². The Hall–Kier alpha value is -3.77. The average molecular weight is 584 g/mol. The van der Waals surface area contributed by atoms with Gasteiger partial charge >= 0.3 is 0 Å². The highest BCUT2D eigenvalue weighted by Crippen LogP contribution is 2.21. The highest BCUT2D eigenvalue weighted by atomic mass is 32.2. The van der Waals surface area contributed by atoms with E-state index in [2.05, 4.69) is 44.5 Å². The molecule has 41 heavy (non-hydrogen) atoms. The number of amides is 1. The summed E-state index contributed by atoms with van der Waals surface area (Å²) in [4.78, 5) is 26.1. The Labute approximate surface area is 243 Å². The van der Waals surface area contributed by atoms with E-state index in [1.807, 2.05) is 44.3 Å². The van der Waals surface area contributed by atoms with Crippen LogP contribution in [0.15, 0.2) is 48.8 Å². The van der Waals surface area contributed by atoms with Crippen LogP contribution in [0.2, 0.25) is 0 Å². The van der Waals surface area contributed by atoms with Gasteiger partial charge < -0.3 is 20.7 Å². The third-order valence-corrected chi connectivity index (χ3v) is 6.82. The van der Waals surface area contributed by atoms with E-state index in [0.29, 0.717) is 24.7 Å². The minimum absolute atomic E-state index is 0.104. The number of pyridine rings is 1. The fourth-order valence-electron chi connectivity index (χ4n) is 4.43. The van der Waals surface area contributed by atoms with Gasteiger partial charge in [-0.25, -0.2) is 23.4 Å². The molecule has 11 nitrogen and oxygen atoms in total. The number of aryl methyl sites for hydroxylation is 1. The van der Waals surface area contributed by atoms with E-state index in [9.17, 15) is 13.2 Å². The van der Waals surface area contributed by atoms with Crippen molar-refractivity contribution >= 4 is 33.4 Å². The molecule has 0 bridgehead atoms. The van der Waals surface area contributed by atoms with Crippen molar-refractivity contribution in [1.82, 2.24) is 25.6 Å². The smallest absolute Gasteiger partial charge is 0.251 e. The van der Waals surface area contributed by atoms with Crippen molar-refractivity contribution in [1.29, 1.82) is 0 Å². The van der Waals surface area contributed by atoms with Crippen molar-refractivity contribution in [3.63, 3.8) is 0 Å². The molecule has 3 aromatic rings. The van der Waals surface area contributed by atoms with E-state index in [0.717, 1.165) is 54.6 Å². The lowest BCUT2D eigenvalue weighted by atomic mass is 10.0. The molecule has 1 aromatic carbocycles. The van der Waals surface area contributed by atoms with E-state index >= 15 is 0 Å². The van der Waals surface area contributed by atoms with Crippen LogP contribution in [0.3, 0.4) is 0 Å². The summed E-state index contributed by atoms with van der Waals surface area (Å²) in [6.45, 7) is 9.32. The minimum atomic E-state index is -3.49. The first-order chi connectivity index (χ1) is 19.6. The Bertz CT molecular complexity index is 1400. The van der Waals surface area contributed by atoms with Gasteiger partial charge in [-0.2, -0.15) is 0 Å². The summed E-state index contributed by atoms with van der Waals surface area (Å²) in [7, 11) is -3.49. The molecule has 0 aliphatic carbocycles. The first-order valence-electron chi connectivity index (χ1n) is 13.9. The summed E-state index contributed by atoms with van der Waals surface area (Å²) < 4.78 is 30.9. The number of rotatable bonds is 16. The predicted octanol–water partition coefficient (Wildman–Crippen LogP) is 4.41. The van der Waals surface area contributed by atoms with Gasteiger partial charge in [0.15, 0.2) is 0 Å². The number of hydrogen-bond donors (Lipinski definition) is 4. The number of nitrogens with one attached hydrogen (secondary N) is 4. The van der Waals surface area contributed by atoms with Gasteiger partial charge in [0, 0.05) is 53.9 Å². The van der Waals surface area contributed by atoms with Crippen LogP contribution in [0, 0.1) is 0 Å². The molecule has 0 fully saturated rings. The zero-order valence-electron chi connectivity index (χ0n) is 24.4. The lowest BCUT2D eigenvalue weighted by Gasteiger charge is -2.23. The zero-order chi connectivity index (χ0) is 29.8. The van der Waals surface area contributed by atoms with Gasteiger partial charge in [0.2, 0.25) is 16.0 Å². The lowest BCUT2D eigenvalue weighted by Crippen LogP contribution is -2.39.